The summed E-state index contributed by atoms with van der Waals surface area (Å²) in [7, 11) is 0. The number of hydrogen-bond donors (Lipinski definition) is 0. The molecule has 2 aromatic carbocycles. The number of halogens is 1. The zero-order valence-corrected chi connectivity index (χ0v) is 16.9. The van der Waals surface area contributed by atoms with Crippen LogP contribution in [0.1, 0.15) is 17.0 Å². The molecule has 0 unspecified atom stereocenters. The molecule has 1 aliphatic rings. The summed E-state index contributed by atoms with van der Waals surface area (Å²) in [5, 5.41) is 4.95. The third kappa shape index (κ3) is 3.64. The molecule has 0 radical (unpaired) electrons. The maximum Gasteiger partial charge on any atom is 0.123 e. The summed E-state index contributed by atoms with van der Waals surface area (Å²) in [4.78, 5) is 6.82. The first-order valence-corrected chi connectivity index (χ1v) is 10.2. The Hall–Kier alpha value is -3.31. The third-order valence-corrected chi connectivity index (χ3v) is 5.61. The molecule has 1 aliphatic heterocycles. The Morgan fingerprint density at radius 1 is 0.933 bits per heavy atom. The van der Waals surface area contributed by atoms with E-state index in [4.69, 9.17) is 5.10 Å². The van der Waals surface area contributed by atoms with Crippen LogP contribution < -0.4 is 0 Å². The summed E-state index contributed by atoms with van der Waals surface area (Å²) in [6.07, 6.45) is 1.84. The van der Waals surface area contributed by atoms with E-state index >= 15 is 0 Å². The van der Waals surface area contributed by atoms with E-state index in [2.05, 4.69) is 44.9 Å². The minimum atomic E-state index is -0.238. The van der Waals surface area contributed by atoms with Crippen LogP contribution in [-0.2, 0) is 19.6 Å². The van der Waals surface area contributed by atoms with Crippen LogP contribution in [0.15, 0.2) is 72.9 Å². The van der Waals surface area contributed by atoms with Gasteiger partial charge in [0.15, 0.2) is 0 Å². The molecule has 30 heavy (non-hydrogen) atoms. The molecule has 0 saturated heterocycles. The Morgan fingerprint density at radius 3 is 2.50 bits per heavy atom. The van der Waals surface area contributed by atoms with Gasteiger partial charge in [0.1, 0.15) is 11.5 Å². The van der Waals surface area contributed by atoms with Gasteiger partial charge in [-0.15, -0.1) is 0 Å². The monoisotopic (exact) mass is 398 g/mol. The van der Waals surface area contributed by atoms with Crippen LogP contribution in [0, 0.1) is 12.7 Å². The normalized spacial score (nSPS) is 13.9. The van der Waals surface area contributed by atoms with Crippen LogP contribution in [0.3, 0.4) is 0 Å². The lowest BCUT2D eigenvalue weighted by Crippen LogP contribution is -2.33. The summed E-state index contributed by atoms with van der Waals surface area (Å²) in [5.41, 5.74) is 7.52. The number of aryl methyl sites for hydroxylation is 1. The number of fused-ring (bicyclic) bond motifs is 1. The molecule has 150 valence electrons. The number of benzene rings is 2. The van der Waals surface area contributed by atoms with Crippen LogP contribution in [0.5, 0.6) is 0 Å². The second kappa shape index (κ2) is 7.84. The third-order valence-electron chi connectivity index (χ3n) is 5.61. The highest BCUT2D eigenvalue weighted by molar-refractivity contribution is 5.83. The lowest BCUT2D eigenvalue weighted by molar-refractivity contribution is 0.206. The SMILES string of the molecule is Cc1cc(-c2c(-c3ccc(F)cc3)nn3c2CN(Cc2ccccc2)CC3)ccn1. The highest BCUT2D eigenvalue weighted by Gasteiger charge is 2.26. The van der Waals surface area contributed by atoms with E-state index in [-0.39, 0.29) is 5.82 Å². The quantitative estimate of drug-likeness (QED) is 0.481. The highest BCUT2D eigenvalue weighted by atomic mass is 19.1. The van der Waals surface area contributed by atoms with E-state index in [0.717, 1.165) is 54.3 Å². The van der Waals surface area contributed by atoms with Gasteiger partial charge in [0.25, 0.3) is 0 Å². The Kier molecular flexibility index (Phi) is 4.89. The standard InChI is InChI=1S/C25H23FN4/c1-18-15-21(11-12-27-18)24-23-17-29(16-19-5-3-2-4-6-19)13-14-30(23)28-25(24)20-7-9-22(26)10-8-20/h2-12,15H,13-14,16-17H2,1H3. The topological polar surface area (TPSA) is 34.0 Å². The molecular formula is C25H23FN4. The highest BCUT2D eigenvalue weighted by Crippen LogP contribution is 2.36. The van der Waals surface area contributed by atoms with Crippen molar-refractivity contribution in [1.29, 1.82) is 0 Å². The number of rotatable bonds is 4. The summed E-state index contributed by atoms with van der Waals surface area (Å²) in [6.45, 7) is 5.51. The molecule has 0 atom stereocenters. The molecular weight excluding hydrogens is 375 g/mol. The van der Waals surface area contributed by atoms with E-state index in [9.17, 15) is 4.39 Å². The maximum atomic E-state index is 13.5. The van der Waals surface area contributed by atoms with Gasteiger partial charge < -0.3 is 0 Å². The van der Waals surface area contributed by atoms with Crippen molar-refractivity contribution in [2.45, 2.75) is 26.6 Å². The largest absolute Gasteiger partial charge is 0.291 e. The molecule has 4 nitrogen and oxygen atoms in total. The Morgan fingerprint density at radius 2 is 1.73 bits per heavy atom. The second-order valence-corrected chi connectivity index (χ2v) is 7.78. The van der Waals surface area contributed by atoms with Crippen LogP contribution >= 0.6 is 0 Å². The summed E-state index contributed by atoms with van der Waals surface area (Å²) in [5.74, 6) is -0.238. The fraction of sp³-hybridized carbons (Fsp3) is 0.200. The van der Waals surface area contributed by atoms with Crippen molar-refractivity contribution in [3.63, 3.8) is 0 Å². The molecule has 4 aromatic rings. The van der Waals surface area contributed by atoms with Crippen molar-refractivity contribution >= 4 is 0 Å². The van der Waals surface area contributed by atoms with Crippen molar-refractivity contribution < 1.29 is 4.39 Å². The average molecular weight is 398 g/mol. The lowest BCUT2D eigenvalue weighted by atomic mass is 9.98. The van der Waals surface area contributed by atoms with Gasteiger partial charge in [0, 0.05) is 42.7 Å². The molecule has 2 aromatic heterocycles. The van der Waals surface area contributed by atoms with Crippen molar-refractivity contribution in [2.75, 3.05) is 6.54 Å². The smallest absolute Gasteiger partial charge is 0.123 e. The Balaban J connectivity index is 1.58. The van der Waals surface area contributed by atoms with Gasteiger partial charge in [0.2, 0.25) is 0 Å². The zero-order valence-electron chi connectivity index (χ0n) is 16.9. The van der Waals surface area contributed by atoms with Gasteiger partial charge in [-0.05, 0) is 54.4 Å². The molecule has 5 rings (SSSR count). The first-order chi connectivity index (χ1) is 14.7. The number of pyridine rings is 1. The first-order valence-electron chi connectivity index (χ1n) is 10.2. The molecule has 3 heterocycles. The molecule has 0 bridgehead atoms. The van der Waals surface area contributed by atoms with E-state index < -0.39 is 0 Å². The summed E-state index contributed by atoms with van der Waals surface area (Å²) >= 11 is 0. The summed E-state index contributed by atoms with van der Waals surface area (Å²) in [6, 6.07) is 21.3. The average Bonchev–Trinajstić information content (AvgIpc) is 3.14. The van der Waals surface area contributed by atoms with Crippen molar-refractivity contribution in [1.82, 2.24) is 19.7 Å². The van der Waals surface area contributed by atoms with E-state index in [1.54, 1.807) is 0 Å². The molecule has 0 spiro atoms. The predicted molar refractivity (Wildman–Crippen MR) is 116 cm³/mol. The first kappa shape index (κ1) is 18.7. The predicted octanol–water partition coefficient (Wildman–Crippen LogP) is 5.08. The molecule has 5 heteroatoms. The summed E-state index contributed by atoms with van der Waals surface area (Å²) < 4.78 is 15.6. The van der Waals surface area contributed by atoms with Crippen LogP contribution in [0.4, 0.5) is 4.39 Å². The van der Waals surface area contributed by atoms with Crippen molar-refractivity contribution in [3.05, 3.63) is 95.7 Å². The van der Waals surface area contributed by atoms with Gasteiger partial charge in [-0.2, -0.15) is 5.10 Å². The Bertz CT molecular complexity index is 1170. The minimum absolute atomic E-state index is 0.238. The molecule has 0 fully saturated rings. The lowest BCUT2D eigenvalue weighted by Gasteiger charge is -2.28. The van der Waals surface area contributed by atoms with E-state index in [0.29, 0.717) is 0 Å². The fourth-order valence-corrected chi connectivity index (χ4v) is 4.16. The van der Waals surface area contributed by atoms with Crippen molar-refractivity contribution in [3.8, 4) is 22.4 Å². The van der Waals surface area contributed by atoms with E-state index in [1.165, 1.54) is 23.4 Å². The van der Waals surface area contributed by atoms with E-state index in [1.807, 2.05) is 37.4 Å². The maximum absolute atomic E-state index is 13.5. The van der Waals surface area contributed by atoms with Crippen molar-refractivity contribution in [2.24, 2.45) is 0 Å². The van der Waals surface area contributed by atoms with Crippen LogP contribution in [-0.4, -0.2) is 26.2 Å². The zero-order chi connectivity index (χ0) is 20.5. The number of nitrogens with zero attached hydrogens (tertiary/aromatic N) is 4. The van der Waals surface area contributed by atoms with Gasteiger partial charge in [-0.1, -0.05) is 30.3 Å². The molecule has 0 aliphatic carbocycles. The molecule has 0 N–H and O–H groups in total. The van der Waals surface area contributed by atoms with Gasteiger partial charge in [-0.3, -0.25) is 14.6 Å². The number of aromatic nitrogens is 3. The minimum Gasteiger partial charge on any atom is -0.291 e. The second-order valence-electron chi connectivity index (χ2n) is 7.78. The molecule has 0 amide bonds. The molecule has 0 saturated carbocycles. The fourth-order valence-electron chi connectivity index (χ4n) is 4.16. The number of hydrogen-bond acceptors (Lipinski definition) is 3. The van der Waals surface area contributed by atoms with Gasteiger partial charge in [-0.25, -0.2) is 4.39 Å². The van der Waals surface area contributed by atoms with Gasteiger partial charge in [0.05, 0.1) is 12.2 Å². The van der Waals surface area contributed by atoms with Gasteiger partial charge >= 0.3 is 0 Å². The van der Waals surface area contributed by atoms with Crippen LogP contribution in [0.2, 0.25) is 0 Å². The van der Waals surface area contributed by atoms with Crippen LogP contribution in [0.25, 0.3) is 22.4 Å². The Labute approximate surface area is 175 Å².